The van der Waals surface area contributed by atoms with Crippen LogP contribution in [0.3, 0.4) is 0 Å². The van der Waals surface area contributed by atoms with E-state index in [1.807, 2.05) is 25.1 Å². The van der Waals surface area contributed by atoms with Crippen molar-refractivity contribution in [1.82, 2.24) is 24.8 Å². The number of nitrogens with one attached hydrogen (secondary N) is 2. The maximum absolute atomic E-state index is 12.8. The third-order valence-electron chi connectivity index (χ3n) is 7.45. The molecule has 39 heavy (non-hydrogen) atoms. The number of carbonyl (C=O) groups is 1. The van der Waals surface area contributed by atoms with Gasteiger partial charge in [0, 0.05) is 11.9 Å². The molecular formula is C29H32N6O4. The number of aromatic amines is 1. The van der Waals surface area contributed by atoms with Crippen LogP contribution < -0.4 is 15.6 Å². The number of aryl methyl sites for hydroxylation is 1. The summed E-state index contributed by atoms with van der Waals surface area (Å²) < 4.78 is 5.22. The molecular weight excluding hydrogens is 496 g/mol. The fraction of sp³-hybridized carbons (Fsp3) is 0.345. The molecule has 4 heterocycles. The highest BCUT2D eigenvalue weighted by Crippen LogP contribution is 2.34. The average Bonchev–Trinajstić information content (AvgIpc) is 2.94. The minimum atomic E-state index is -0.745. The first kappa shape index (κ1) is 26.3. The van der Waals surface area contributed by atoms with Crippen molar-refractivity contribution in [3.63, 3.8) is 0 Å². The van der Waals surface area contributed by atoms with Crippen LogP contribution >= 0.6 is 0 Å². The summed E-state index contributed by atoms with van der Waals surface area (Å²) in [5.74, 6) is 0.428. The molecule has 3 aromatic heterocycles. The molecule has 10 heteroatoms. The first-order valence-electron chi connectivity index (χ1n) is 13.1. The molecule has 0 aliphatic carbocycles. The number of piperidine rings is 1. The number of likely N-dealkylation sites (tertiary alicyclic amines) is 1. The van der Waals surface area contributed by atoms with Crippen molar-refractivity contribution in [1.29, 1.82) is 0 Å². The number of anilines is 2. The highest BCUT2D eigenvalue weighted by molar-refractivity contribution is 5.94. The van der Waals surface area contributed by atoms with Gasteiger partial charge >= 0.3 is 5.97 Å². The van der Waals surface area contributed by atoms with Crippen LogP contribution in [-0.4, -0.2) is 62.2 Å². The van der Waals surface area contributed by atoms with Gasteiger partial charge in [0.1, 0.15) is 17.6 Å². The quantitative estimate of drug-likeness (QED) is 0.303. The van der Waals surface area contributed by atoms with Gasteiger partial charge in [-0.25, -0.2) is 9.97 Å². The Morgan fingerprint density at radius 3 is 2.67 bits per heavy atom. The van der Waals surface area contributed by atoms with Gasteiger partial charge in [-0.05, 0) is 86.0 Å². The molecule has 0 bridgehead atoms. The molecule has 5 rings (SSSR count). The summed E-state index contributed by atoms with van der Waals surface area (Å²) >= 11 is 0. The number of pyridine rings is 2. The summed E-state index contributed by atoms with van der Waals surface area (Å²) in [6, 6.07) is 9.42. The van der Waals surface area contributed by atoms with E-state index in [0.717, 1.165) is 42.6 Å². The van der Waals surface area contributed by atoms with E-state index < -0.39 is 12.0 Å². The number of carboxylic acid groups (broad SMARTS) is 1. The summed E-state index contributed by atoms with van der Waals surface area (Å²) in [6.45, 7) is 5.55. The molecule has 1 unspecified atom stereocenters. The van der Waals surface area contributed by atoms with E-state index in [1.54, 1.807) is 12.4 Å². The Morgan fingerprint density at radius 2 is 1.97 bits per heavy atom. The number of benzene rings is 1. The van der Waals surface area contributed by atoms with E-state index in [2.05, 4.69) is 44.2 Å². The lowest BCUT2D eigenvalue weighted by Gasteiger charge is -2.36. The Labute approximate surface area is 226 Å². The Kier molecular flexibility index (Phi) is 7.56. The SMILES string of the molecule is CCC(C(=O)O)N1CCC(c2ccc(Nc3nc(-c4cncc(OC)n4)cc4cc[nH]c(=O)c34)cc2C)CC1. The van der Waals surface area contributed by atoms with Gasteiger partial charge in [0.05, 0.1) is 30.6 Å². The van der Waals surface area contributed by atoms with Crippen molar-refractivity contribution in [3.8, 4) is 17.3 Å². The molecule has 1 atom stereocenters. The Morgan fingerprint density at radius 1 is 1.18 bits per heavy atom. The fourth-order valence-electron chi connectivity index (χ4n) is 5.47. The number of aromatic nitrogens is 4. The summed E-state index contributed by atoms with van der Waals surface area (Å²) in [4.78, 5) is 42.6. The summed E-state index contributed by atoms with van der Waals surface area (Å²) in [5, 5.41) is 14.0. The Bertz CT molecular complexity index is 1560. The molecule has 1 saturated heterocycles. The summed E-state index contributed by atoms with van der Waals surface area (Å²) in [7, 11) is 1.53. The van der Waals surface area contributed by atoms with E-state index >= 15 is 0 Å². The third kappa shape index (κ3) is 5.46. The van der Waals surface area contributed by atoms with Crippen molar-refractivity contribution < 1.29 is 14.6 Å². The van der Waals surface area contributed by atoms with Crippen LogP contribution in [0.15, 0.2) is 53.7 Å². The number of hydrogen-bond donors (Lipinski definition) is 3. The number of nitrogens with zero attached hydrogens (tertiary/aromatic N) is 4. The second kappa shape index (κ2) is 11.2. The highest BCUT2D eigenvalue weighted by Gasteiger charge is 2.29. The maximum Gasteiger partial charge on any atom is 0.320 e. The van der Waals surface area contributed by atoms with Crippen LogP contribution in [0.5, 0.6) is 5.88 Å². The smallest absolute Gasteiger partial charge is 0.320 e. The molecule has 10 nitrogen and oxygen atoms in total. The normalized spacial score (nSPS) is 15.3. The lowest BCUT2D eigenvalue weighted by Crippen LogP contribution is -2.45. The molecule has 202 valence electrons. The molecule has 0 saturated carbocycles. The summed E-state index contributed by atoms with van der Waals surface area (Å²) in [5.41, 5.74) is 4.07. The van der Waals surface area contributed by atoms with Crippen LogP contribution in [0.2, 0.25) is 0 Å². The zero-order chi connectivity index (χ0) is 27.5. The van der Waals surface area contributed by atoms with Crippen LogP contribution in [0.1, 0.15) is 43.2 Å². The van der Waals surface area contributed by atoms with Crippen molar-refractivity contribution in [2.24, 2.45) is 0 Å². The molecule has 1 aliphatic heterocycles. The van der Waals surface area contributed by atoms with E-state index in [0.29, 0.717) is 40.8 Å². The molecule has 4 aromatic rings. The number of aliphatic carboxylic acids is 1. The fourth-order valence-corrected chi connectivity index (χ4v) is 5.47. The van der Waals surface area contributed by atoms with Crippen molar-refractivity contribution >= 4 is 28.2 Å². The van der Waals surface area contributed by atoms with Crippen LogP contribution in [0, 0.1) is 6.92 Å². The standard InChI is InChI=1S/C29H32N6O4/c1-4-24(29(37)38)35-11-8-18(9-12-35)21-6-5-20(13-17(21)2)32-27-26-19(7-10-31-28(26)36)14-22(34-27)23-15-30-16-25(33-23)39-3/h5-7,10,13-16,18,24H,4,8-9,11-12H2,1-3H3,(H,31,36)(H,32,34)(H,37,38). The predicted octanol–water partition coefficient (Wildman–Crippen LogP) is 4.48. The number of carboxylic acids is 1. The topological polar surface area (TPSA) is 133 Å². The van der Waals surface area contributed by atoms with Crippen molar-refractivity contribution in [3.05, 3.63) is 70.4 Å². The molecule has 0 spiro atoms. The lowest BCUT2D eigenvalue weighted by molar-refractivity contribution is -0.143. The van der Waals surface area contributed by atoms with Crippen LogP contribution in [0.4, 0.5) is 11.5 Å². The monoisotopic (exact) mass is 528 g/mol. The van der Waals surface area contributed by atoms with Gasteiger partial charge in [0.15, 0.2) is 0 Å². The number of H-pyrrole nitrogens is 1. The molecule has 1 aromatic carbocycles. The van der Waals surface area contributed by atoms with Crippen LogP contribution in [-0.2, 0) is 4.79 Å². The maximum atomic E-state index is 12.8. The second-order valence-corrected chi connectivity index (χ2v) is 9.84. The van der Waals surface area contributed by atoms with Gasteiger partial charge in [-0.3, -0.25) is 19.5 Å². The van der Waals surface area contributed by atoms with Crippen molar-refractivity contribution in [2.45, 2.75) is 45.1 Å². The molecule has 1 aliphatic rings. The van der Waals surface area contributed by atoms with E-state index in [9.17, 15) is 14.7 Å². The molecule has 1 fully saturated rings. The zero-order valence-corrected chi connectivity index (χ0v) is 22.3. The average molecular weight is 529 g/mol. The van der Waals surface area contributed by atoms with E-state index in [-0.39, 0.29) is 5.56 Å². The van der Waals surface area contributed by atoms with E-state index in [4.69, 9.17) is 9.72 Å². The van der Waals surface area contributed by atoms with E-state index in [1.165, 1.54) is 18.9 Å². The zero-order valence-electron chi connectivity index (χ0n) is 22.3. The number of hydrogen-bond acceptors (Lipinski definition) is 8. The molecule has 3 N–H and O–H groups in total. The number of rotatable bonds is 8. The molecule has 0 radical (unpaired) electrons. The van der Waals surface area contributed by atoms with Gasteiger partial charge < -0.3 is 20.1 Å². The first-order chi connectivity index (χ1) is 18.9. The number of fused-ring (bicyclic) bond motifs is 1. The second-order valence-electron chi connectivity index (χ2n) is 9.84. The van der Waals surface area contributed by atoms with Crippen LogP contribution in [0.25, 0.3) is 22.2 Å². The van der Waals surface area contributed by atoms with Crippen molar-refractivity contribution in [2.75, 3.05) is 25.5 Å². The first-order valence-corrected chi connectivity index (χ1v) is 13.1. The highest BCUT2D eigenvalue weighted by atomic mass is 16.5. The Balaban J connectivity index is 1.42. The lowest BCUT2D eigenvalue weighted by atomic mass is 9.86. The van der Waals surface area contributed by atoms with Gasteiger partial charge in [-0.2, -0.15) is 0 Å². The van der Waals surface area contributed by atoms with Gasteiger partial charge in [0.2, 0.25) is 5.88 Å². The minimum Gasteiger partial charge on any atom is -0.480 e. The number of ether oxygens (including phenoxy) is 1. The third-order valence-corrected chi connectivity index (χ3v) is 7.45. The van der Waals surface area contributed by atoms with Gasteiger partial charge in [-0.15, -0.1) is 0 Å². The largest absolute Gasteiger partial charge is 0.480 e. The Hall–Kier alpha value is -4.31. The number of methoxy groups -OCH3 is 1. The predicted molar refractivity (Wildman–Crippen MR) is 150 cm³/mol. The minimum absolute atomic E-state index is 0.238. The molecule has 0 amide bonds. The summed E-state index contributed by atoms with van der Waals surface area (Å²) in [6.07, 6.45) is 7.19. The van der Waals surface area contributed by atoms with Gasteiger partial charge in [-0.1, -0.05) is 13.0 Å². The van der Waals surface area contributed by atoms with Gasteiger partial charge in [0.25, 0.3) is 5.56 Å².